The number of piperazine rings is 1. The van der Waals surface area contributed by atoms with E-state index in [4.69, 9.17) is 4.74 Å². The number of aromatic nitrogens is 2. The lowest BCUT2D eigenvalue weighted by Gasteiger charge is -2.35. The Labute approximate surface area is 216 Å². The monoisotopic (exact) mass is 519 g/mol. The molecule has 200 valence electrons. The highest BCUT2D eigenvalue weighted by Gasteiger charge is 2.36. The maximum atomic E-state index is 13.7. The molecule has 1 aromatic carbocycles. The van der Waals surface area contributed by atoms with Gasteiger partial charge in [0.2, 0.25) is 5.03 Å². The van der Waals surface area contributed by atoms with Gasteiger partial charge in [-0.3, -0.25) is 9.48 Å². The molecular weight excluding hydrogens is 478 g/mol. The molecule has 0 saturated carbocycles. The fraction of sp³-hybridized carbons (Fsp3) is 0.615. The molecule has 0 aliphatic carbocycles. The lowest BCUT2D eigenvalue weighted by Crippen LogP contribution is -2.49. The predicted molar refractivity (Wildman–Crippen MR) is 142 cm³/mol. The number of hydrogen-bond acceptors (Lipinski definition) is 6. The third-order valence-corrected chi connectivity index (χ3v) is 8.30. The van der Waals surface area contributed by atoms with Gasteiger partial charge < -0.3 is 14.5 Å². The van der Waals surface area contributed by atoms with Crippen molar-refractivity contribution in [2.75, 3.05) is 50.8 Å². The molecule has 0 atom stereocenters. The van der Waals surface area contributed by atoms with Crippen molar-refractivity contribution < 1.29 is 17.9 Å². The van der Waals surface area contributed by atoms with Crippen molar-refractivity contribution in [3.05, 3.63) is 36.0 Å². The average molecular weight is 520 g/mol. The van der Waals surface area contributed by atoms with Crippen molar-refractivity contribution >= 4 is 21.6 Å². The molecule has 0 unspecified atom stereocenters. The molecule has 1 aliphatic rings. The Balaban J connectivity index is 1.82. The van der Waals surface area contributed by atoms with Crippen molar-refractivity contribution in [1.29, 1.82) is 0 Å². The summed E-state index contributed by atoms with van der Waals surface area (Å²) in [6.07, 6.45) is 5.28. The first-order valence-corrected chi connectivity index (χ1v) is 14.6. The van der Waals surface area contributed by atoms with Gasteiger partial charge in [-0.2, -0.15) is 9.40 Å². The van der Waals surface area contributed by atoms with Crippen LogP contribution in [-0.4, -0.2) is 79.2 Å². The maximum Gasteiger partial charge on any atom is 0.263 e. The molecule has 1 saturated heterocycles. The summed E-state index contributed by atoms with van der Waals surface area (Å²) in [4.78, 5) is 17.5. The van der Waals surface area contributed by atoms with E-state index in [0.29, 0.717) is 52.4 Å². The molecule has 9 nitrogen and oxygen atoms in total. The number of unbranched alkanes of at least 4 members (excludes halogenated alkanes) is 2. The summed E-state index contributed by atoms with van der Waals surface area (Å²) in [6.45, 7) is 12.0. The molecule has 10 heteroatoms. The number of aryl methyl sites for hydroxylation is 1. The second-order valence-corrected chi connectivity index (χ2v) is 10.8. The Bertz CT molecular complexity index is 1090. The van der Waals surface area contributed by atoms with E-state index < -0.39 is 10.0 Å². The van der Waals surface area contributed by atoms with Crippen LogP contribution in [0.15, 0.2) is 35.5 Å². The van der Waals surface area contributed by atoms with E-state index in [0.717, 1.165) is 37.1 Å². The molecule has 1 amide bonds. The first kappa shape index (κ1) is 28.0. The van der Waals surface area contributed by atoms with Crippen molar-refractivity contribution in [3.8, 4) is 5.75 Å². The topological polar surface area (TPSA) is 88.0 Å². The summed E-state index contributed by atoms with van der Waals surface area (Å²) in [6, 6.07) is 7.82. The average Bonchev–Trinajstić information content (AvgIpc) is 3.35. The summed E-state index contributed by atoms with van der Waals surface area (Å²) in [5.41, 5.74) is 1.14. The molecular formula is C26H41N5O4S. The Morgan fingerprint density at radius 3 is 2.22 bits per heavy atom. The summed E-state index contributed by atoms with van der Waals surface area (Å²) in [5, 5.41) is 4.23. The third kappa shape index (κ3) is 6.39. The van der Waals surface area contributed by atoms with Gasteiger partial charge in [0.15, 0.2) is 0 Å². The Hall–Kier alpha value is -2.59. The highest BCUT2D eigenvalue weighted by Crippen LogP contribution is 2.30. The molecule has 1 aliphatic heterocycles. The zero-order valence-corrected chi connectivity index (χ0v) is 23.0. The van der Waals surface area contributed by atoms with E-state index in [1.165, 1.54) is 4.31 Å². The predicted octanol–water partition coefficient (Wildman–Crippen LogP) is 3.86. The van der Waals surface area contributed by atoms with Crippen LogP contribution in [0.5, 0.6) is 5.75 Å². The molecule has 0 bridgehead atoms. The lowest BCUT2D eigenvalue weighted by atomic mass is 10.2. The van der Waals surface area contributed by atoms with E-state index >= 15 is 0 Å². The Morgan fingerprint density at radius 1 is 1.00 bits per heavy atom. The number of ether oxygens (including phenoxy) is 1. The van der Waals surface area contributed by atoms with E-state index in [1.807, 2.05) is 38.1 Å². The summed E-state index contributed by atoms with van der Waals surface area (Å²) in [5.74, 6) is 0.546. The highest BCUT2D eigenvalue weighted by atomic mass is 32.2. The molecule has 1 aromatic heterocycles. The quantitative estimate of drug-likeness (QED) is 0.399. The van der Waals surface area contributed by atoms with Gasteiger partial charge in [0.1, 0.15) is 5.75 Å². The van der Waals surface area contributed by atoms with Crippen LogP contribution in [0.2, 0.25) is 0 Å². The number of hydrogen-bond donors (Lipinski definition) is 0. The molecule has 0 radical (unpaired) electrons. The number of amides is 1. The van der Waals surface area contributed by atoms with Crippen molar-refractivity contribution in [1.82, 2.24) is 19.0 Å². The SMILES string of the molecule is CCCCN(CCCC)C(=O)c1cn(CC)nc1S(=O)(=O)N1CCN(c2ccccc2OCC)CC1. The maximum absolute atomic E-state index is 13.7. The number of nitrogens with zero attached hydrogens (tertiary/aromatic N) is 5. The minimum Gasteiger partial charge on any atom is -0.492 e. The van der Waals surface area contributed by atoms with Crippen LogP contribution < -0.4 is 9.64 Å². The van der Waals surface area contributed by atoms with E-state index in [1.54, 1.807) is 15.8 Å². The third-order valence-electron chi connectivity index (χ3n) is 6.46. The summed E-state index contributed by atoms with van der Waals surface area (Å²) in [7, 11) is -3.93. The second-order valence-electron chi connectivity index (χ2n) is 8.99. The van der Waals surface area contributed by atoms with Crippen LogP contribution in [0.4, 0.5) is 5.69 Å². The number of benzene rings is 1. The number of anilines is 1. The molecule has 2 aromatic rings. The minimum absolute atomic E-state index is 0.129. The zero-order chi connectivity index (χ0) is 26.1. The number of rotatable bonds is 13. The van der Waals surface area contributed by atoms with Gasteiger partial charge in [-0.05, 0) is 38.8 Å². The van der Waals surface area contributed by atoms with Crippen LogP contribution in [-0.2, 0) is 16.6 Å². The van der Waals surface area contributed by atoms with Gasteiger partial charge in [0.05, 0.1) is 17.9 Å². The first-order chi connectivity index (χ1) is 17.4. The highest BCUT2D eigenvalue weighted by molar-refractivity contribution is 7.89. The van der Waals surface area contributed by atoms with Crippen LogP contribution in [0.3, 0.4) is 0 Å². The molecule has 1 fully saturated rings. The van der Waals surface area contributed by atoms with Crippen molar-refractivity contribution in [3.63, 3.8) is 0 Å². The summed E-state index contributed by atoms with van der Waals surface area (Å²) < 4.78 is 36.2. The van der Waals surface area contributed by atoms with E-state index in [2.05, 4.69) is 23.8 Å². The van der Waals surface area contributed by atoms with Crippen LogP contribution in [0.1, 0.15) is 63.7 Å². The number of carbonyl (C=O) groups excluding carboxylic acids is 1. The molecule has 0 N–H and O–H groups in total. The number of para-hydroxylation sites is 2. The van der Waals surface area contributed by atoms with Crippen LogP contribution >= 0.6 is 0 Å². The van der Waals surface area contributed by atoms with Crippen LogP contribution in [0.25, 0.3) is 0 Å². The minimum atomic E-state index is -3.93. The van der Waals surface area contributed by atoms with Gasteiger partial charge in [0.25, 0.3) is 15.9 Å². The largest absolute Gasteiger partial charge is 0.492 e. The fourth-order valence-electron chi connectivity index (χ4n) is 4.37. The Morgan fingerprint density at radius 2 is 1.64 bits per heavy atom. The number of carbonyl (C=O) groups is 1. The van der Waals surface area contributed by atoms with Crippen LogP contribution in [0, 0.1) is 0 Å². The van der Waals surface area contributed by atoms with Gasteiger partial charge in [0, 0.05) is 52.0 Å². The van der Waals surface area contributed by atoms with Crippen molar-refractivity contribution in [2.24, 2.45) is 0 Å². The van der Waals surface area contributed by atoms with Gasteiger partial charge in [-0.1, -0.05) is 38.8 Å². The molecule has 3 rings (SSSR count). The number of sulfonamides is 1. The fourth-order valence-corrected chi connectivity index (χ4v) is 5.89. The van der Waals surface area contributed by atoms with E-state index in [-0.39, 0.29) is 16.5 Å². The molecule has 36 heavy (non-hydrogen) atoms. The first-order valence-electron chi connectivity index (χ1n) is 13.2. The zero-order valence-electron chi connectivity index (χ0n) is 22.1. The lowest BCUT2D eigenvalue weighted by molar-refractivity contribution is 0.0747. The van der Waals surface area contributed by atoms with E-state index in [9.17, 15) is 13.2 Å². The van der Waals surface area contributed by atoms with Gasteiger partial charge in [-0.25, -0.2) is 8.42 Å². The van der Waals surface area contributed by atoms with Gasteiger partial charge in [-0.15, -0.1) is 0 Å². The molecule has 0 spiro atoms. The molecule has 2 heterocycles. The van der Waals surface area contributed by atoms with Crippen molar-refractivity contribution in [2.45, 2.75) is 64.9 Å². The smallest absolute Gasteiger partial charge is 0.263 e. The standard InChI is InChI=1S/C26H41N5O4S/c1-5-9-15-29(16-10-6-2)26(32)22-21-30(7-3)27-25(22)36(33,34)31-19-17-28(18-20-31)23-13-11-12-14-24(23)35-8-4/h11-14,21H,5-10,15-20H2,1-4H3. The Kier molecular flexibility index (Phi) is 10.2. The second kappa shape index (κ2) is 13.1. The normalized spacial score (nSPS) is 14.7. The summed E-state index contributed by atoms with van der Waals surface area (Å²) >= 11 is 0. The van der Waals surface area contributed by atoms with Gasteiger partial charge >= 0.3 is 0 Å².